The quantitative estimate of drug-likeness (QED) is 0.766. The van der Waals surface area contributed by atoms with Gasteiger partial charge in [-0.2, -0.15) is 5.26 Å². The average Bonchev–Trinajstić information content (AvgIpc) is 2.34. The molecule has 3 heteroatoms. The number of nitrogens with two attached hydrogens (primary N) is 1. The summed E-state index contributed by atoms with van der Waals surface area (Å²) < 4.78 is 0. The number of hydrogen-bond acceptors (Lipinski definition) is 3. The van der Waals surface area contributed by atoms with Crippen LogP contribution in [0.2, 0.25) is 0 Å². The van der Waals surface area contributed by atoms with E-state index in [1.54, 1.807) is 6.07 Å². The van der Waals surface area contributed by atoms with Crippen LogP contribution in [-0.2, 0) is 0 Å². The van der Waals surface area contributed by atoms with Crippen LogP contribution in [0.5, 0.6) is 0 Å². The third-order valence-electron chi connectivity index (χ3n) is 3.64. The van der Waals surface area contributed by atoms with Crippen LogP contribution in [0.1, 0.15) is 38.2 Å². The van der Waals surface area contributed by atoms with Crippen LogP contribution in [0.4, 0.5) is 11.4 Å². The Bertz CT molecular complexity index is 434. The summed E-state index contributed by atoms with van der Waals surface area (Å²) in [6.45, 7) is 2.29. The van der Waals surface area contributed by atoms with Crippen molar-refractivity contribution < 1.29 is 0 Å². The van der Waals surface area contributed by atoms with Crippen molar-refractivity contribution >= 4 is 11.4 Å². The van der Waals surface area contributed by atoms with E-state index in [1.165, 1.54) is 25.7 Å². The van der Waals surface area contributed by atoms with E-state index < -0.39 is 0 Å². The van der Waals surface area contributed by atoms with Crippen LogP contribution >= 0.6 is 0 Å². The molecule has 1 aliphatic rings. The smallest absolute Gasteiger partial charge is 0.101 e. The highest BCUT2D eigenvalue weighted by Gasteiger charge is 2.20. The Kier molecular flexibility index (Phi) is 3.53. The summed E-state index contributed by atoms with van der Waals surface area (Å²) in [7, 11) is 0. The van der Waals surface area contributed by atoms with Crippen LogP contribution in [0.25, 0.3) is 0 Å². The summed E-state index contributed by atoms with van der Waals surface area (Å²) in [4.78, 5) is 0. The van der Waals surface area contributed by atoms with Gasteiger partial charge in [0.15, 0.2) is 0 Å². The third kappa shape index (κ3) is 2.71. The Morgan fingerprint density at radius 3 is 2.82 bits per heavy atom. The van der Waals surface area contributed by atoms with Crippen LogP contribution < -0.4 is 11.1 Å². The van der Waals surface area contributed by atoms with Gasteiger partial charge in [0.1, 0.15) is 6.07 Å². The number of nitrogens with one attached hydrogen (secondary N) is 1. The second-order valence-electron chi connectivity index (χ2n) is 4.93. The molecular weight excluding hydrogens is 210 g/mol. The molecule has 0 saturated heterocycles. The number of benzene rings is 1. The number of anilines is 2. The molecule has 3 nitrogen and oxygen atoms in total. The number of nitrogen functional groups attached to an aromatic ring is 1. The fourth-order valence-corrected chi connectivity index (χ4v) is 2.49. The molecule has 0 aromatic heterocycles. The summed E-state index contributed by atoms with van der Waals surface area (Å²) in [6, 6.07) is 8.25. The average molecular weight is 229 g/mol. The maximum Gasteiger partial charge on any atom is 0.101 e. The maximum atomic E-state index is 8.94. The summed E-state index contributed by atoms with van der Waals surface area (Å²) >= 11 is 0. The van der Waals surface area contributed by atoms with Gasteiger partial charge in [0.25, 0.3) is 0 Å². The third-order valence-corrected chi connectivity index (χ3v) is 3.64. The molecule has 90 valence electrons. The van der Waals surface area contributed by atoms with Crippen LogP contribution in [0.3, 0.4) is 0 Å². The lowest BCUT2D eigenvalue weighted by Gasteiger charge is -2.30. The van der Waals surface area contributed by atoms with Gasteiger partial charge in [0.05, 0.1) is 5.56 Å². The SMILES string of the molecule is CC1CCCCC1Nc1ccc(N)c(C#N)c1. The highest BCUT2D eigenvalue weighted by Crippen LogP contribution is 2.27. The molecule has 1 aliphatic carbocycles. The molecule has 3 N–H and O–H groups in total. The minimum Gasteiger partial charge on any atom is -0.398 e. The molecule has 1 aromatic carbocycles. The second kappa shape index (κ2) is 5.09. The molecular formula is C14H19N3. The van der Waals surface area contributed by atoms with E-state index >= 15 is 0 Å². The number of nitriles is 1. The monoisotopic (exact) mass is 229 g/mol. The van der Waals surface area contributed by atoms with E-state index in [4.69, 9.17) is 11.0 Å². The first kappa shape index (κ1) is 11.8. The second-order valence-corrected chi connectivity index (χ2v) is 4.93. The molecule has 17 heavy (non-hydrogen) atoms. The molecule has 1 aromatic rings. The van der Waals surface area contributed by atoms with Gasteiger partial charge in [-0.25, -0.2) is 0 Å². The largest absolute Gasteiger partial charge is 0.398 e. The predicted octanol–water partition coefficient (Wildman–Crippen LogP) is 3.13. The topological polar surface area (TPSA) is 61.8 Å². The zero-order valence-corrected chi connectivity index (χ0v) is 10.2. The Labute approximate surface area is 103 Å². The van der Waals surface area contributed by atoms with Gasteiger partial charge in [-0.15, -0.1) is 0 Å². The maximum absolute atomic E-state index is 8.94. The highest BCUT2D eigenvalue weighted by atomic mass is 14.9. The standard InChI is InChI=1S/C14H19N3/c1-10-4-2-3-5-14(10)17-12-6-7-13(16)11(8-12)9-15/h6-8,10,14,17H,2-5,16H2,1H3. The first-order valence-electron chi connectivity index (χ1n) is 6.27. The van der Waals surface area contributed by atoms with Gasteiger partial charge in [-0.1, -0.05) is 19.8 Å². The molecule has 2 rings (SSSR count). The van der Waals surface area contributed by atoms with Gasteiger partial charge in [0.2, 0.25) is 0 Å². The summed E-state index contributed by atoms with van der Waals surface area (Å²) in [5.74, 6) is 0.701. The molecule has 0 spiro atoms. The zero-order valence-electron chi connectivity index (χ0n) is 10.2. The van der Waals surface area contributed by atoms with Crippen molar-refractivity contribution in [2.24, 2.45) is 5.92 Å². The van der Waals surface area contributed by atoms with Crippen molar-refractivity contribution in [1.82, 2.24) is 0 Å². The molecule has 1 fully saturated rings. The van der Waals surface area contributed by atoms with Gasteiger partial charge in [-0.3, -0.25) is 0 Å². The van der Waals surface area contributed by atoms with Gasteiger partial charge < -0.3 is 11.1 Å². The Morgan fingerprint density at radius 2 is 2.12 bits per heavy atom. The van der Waals surface area contributed by atoms with E-state index in [1.807, 2.05) is 12.1 Å². The first-order valence-corrected chi connectivity index (χ1v) is 6.27. The Morgan fingerprint density at radius 1 is 1.35 bits per heavy atom. The van der Waals surface area contributed by atoms with E-state index in [2.05, 4.69) is 18.3 Å². The molecule has 1 saturated carbocycles. The Balaban J connectivity index is 2.10. The van der Waals surface area contributed by atoms with Crippen molar-refractivity contribution in [3.63, 3.8) is 0 Å². The van der Waals surface area contributed by atoms with Gasteiger partial charge in [0, 0.05) is 17.4 Å². The molecule has 0 bridgehead atoms. The van der Waals surface area contributed by atoms with Crippen molar-refractivity contribution in [1.29, 1.82) is 5.26 Å². The van der Waals surface area contributed by atoms with E-state index in [0.717, 1.165) is 5.69 Å². The van der Waals surface area contributed by atoms with Crippen LogP contribution in [-0.4, -0.2) is 6.04 Å². The lowest BCUT2D eigenvalue weighted by Crippen LogP contribution is -2.30. The van der Waals surface area contributed by atoms with E-state index in [9.17, 15) is 0 Å². The molecule has 0 heterocycles. The van der Waals surface area contributed by atoms with Gasteiger partial charge >= 0.3 is 0 Å². The van der Waals surface area contributed by atoms with E-state index in [0.29, 0.717) is 23.2 Å². The predicted molar refractivity (Wildman–Crippen MR) is 70.6 cm³/mol. The number of nitrogens with zero attached hydrogens (tertiary/aromatic N) is 1. The van der Waals surface area contributed by atoms with Gasteiger partial charge in [-0.05, 0) is 37.0 Å². The summed E-state index contributed by atoms with van der Waals surface area (Å²) in [5.41, 5.74) is 7.82. The Hall–Kier alpha value is -1.69. The van der Waals surface area contributed by atoms with Crippen molar-refractivity contribution in [2.45, 2.75) is 38.6 Å². The first-order chi connectivity index (χ1) is 8.20. The van der Waals surface area contributed by atoms with E-state index in [-0.39, 0.29) is 0 Å². The van der Waals surface area contributed by atoms with Crippen LogP contribution in [0.15, 0.2) is 18.2 Å². The minimum atomic E-state index is 0.527. The number of rotatable bonds is 2. The molecule has 0 radical (unpaired) electrons. The lowest BCUT2D eigenvalue weighted by molar-refractivity contribution is 0.349. The van der Waals surface area contributed by atoms with Crippen LogP contribution in [0, 0.1) is 17.2 Å². The van der Waals surface area contributed by atoms with Crippen molar-refractivity contribution in [2.75, 3.05) is 11.1 Å². The normalized spacial score (nSPS) is 24.0. The summed E-state index contributed by atoms with van der Waals surface area (Å²) in [5, 5.41) is 12.5. The molecule has 2 unspecified atom stereocenters. The zero-order chi connectivity index (χ0) is 12.3. The number of hydrogen-bond donors (Lipinski definition) is 2. The minimum absolute atomic E-state index is 0.527. The fraction of sp³-hybridized carbons (Fsp3) is 0.500. The summed E-state index contributed by atoms with van der Waals surface area (Å²) in [6.07, 6.45) is 5.14. The van der Waals surface area contributed by atoms with Crippen molar-refractivity contribution in [3.8, 4) is 6.07 Å². The molecule has 0 aliphatic heterocycles. The highest BCUT2D eigenvalue weighted by molar-refractivity contribution is 5.62. The molecule has 2 atom stereocenters. The fourth-order valence-electron chi connectivity index (χ4n) is 2.49. The lowest BCUT2D eigenvalue weighted by atomic mass is 9.86. The van der Waals surface area contributed by atoms with Crippen molar-refractivity contribution in [3.05, 3.63) is 23.8 Å². The molecule has 0 amide bonds.